The van der Waals surface area contributed by atoms with Gasteiger partial charge >= 0.3 is 12.3 Å². The molecular formula is C23H22F4N6O6. The summed E-state index contributed by atoms with van der Waals surface area (Å²) >= 11 is 0. The number of pyridine rings is 1. The van der Waals surface area contributed by atoms with Crippen molar-refractivity contribution in [1.82, 2.24) is 19.9 Å². The number of nitrogens with two attached hydrogens (primary N) is 1. The van der Waals surface area contributed by atoms with Crippen molar-refractivity contribution in [1.29, 1.82) is 0 Å². The molecule has 0 aliphatic carbocycles. The van der Waals surface area contributed by atoms with E-state index in [0.717, 1.165) is 22.8 Å². The smallest absolute Gasteiger partial charge is 0.422 e. The van der Waals surface area contributed by atoms with Crippen molar-refractivity contribution in [3.63, 3.8) is 0 Å². The fourth-order valence-electron chi connectivity index (χ4n) is 3.47. The van der Waals surface area contributed by atoms with Crippen LogP contribution in [0.5, 0.6) is 5.75 Å². The Bertz CT molecular complexity index is 1470. The summed E-state index contributed by atoms with van der Waals surface area (Å²) in [5.41, 5.74) is 4.01. The van der Waals surface area contributed by atoms with Crippen molar-refractivity contribution in [3.8, 4) is 5.75 Å². The number of amides is 3. The number of primary amides is 1. The number of ether oxygens (including phenoxy) is 1. The highest BCUT2D eigenvalue weighted by molar-refractivity contribution is 5.96. The minimum absolute atomic E-state index is 0.0349. The zero-order valence-electron chi connectivity index (χ0n) is 19.9. The monoisotopic (exact) mass is 554 g/mol. The summed E-state index contributed by atoms with van der Waals surface area (Å²) in [7, 11) is 0. The fraction of sp³-hybridized carbons (Fsp3) is 0.261. The van der Waals surface area contributed by atoms with Crippen LogP contribution < -0.4 is 26.7 Å². The molecule has 0 saturated carbocycles. The Morgan fingerprint density at radius 3 is 2.69 bits per heavy atom. The quantitative estimate of drug-likeness (QED) is 0.178. The van der Waals surface area contributed by atoms with Crippen LogP contribution in [0.25, 0.3) is 11.0 Å². The topological polar surface area (TPSA) is 181 Å². The molecule has 2 aromatic heterocycles. The maximum atomic E-state index is 13.9. The lowest BCUT2D eigenvalue weighted by Crippen LogP contribution is -2.44. The first-order valence-electron chi connectivity index (χ1n) is 11.2. The van der Waals surface area contributed by atoms with Gasteiger partial charge in [-0.05, 0) is 37.1 Å². The molecule has 39 heavy (non-hydrogen) atoms. The summed E-state index contributed by atoms with van der Waals surface area (Å²) < 4.78 is 57.4. The number of nitrogens with one attached hydrogen (secondary N) is 3. The van der Waals surface area contributed by atoms with E-state index in [1.807, 2.05) is 5.32 Å². The van der Waals surface area contributed by atoms with Gasteiger partial charge < -0.3 is 35.8 Å². The number of imidazole rings is 1. The lowest BCUT2D eigenvalue weighted by atomic mass is 10.1. The SMILES string of the molecule is NC(=O)C=CCCC(NC(=O)O)C(=O)Nc1cccn(Cc2nc3c(OCC(F)(F)F)cc(F)cc3[nH]2)c1=O. The van der Waals surface area contributed by atoms with Crippen LogP contribution in [0.4, 0.5) is 28.0 Å². The van der Waals surface area contributed by atoms with Gasteiger partial charge in [-0.2, -0.15) is 13.2 Å². The van der Waals surface area contributed by atoms with Gasteiger partial charge in [0.25, 0.3) is 5.56 Å². The van der Waals surface area contributed by atoms with Gasteiger partial charge in [-0.3, -0.25) is 14.4 Å². The number of halogens is 4. The van der Waals surface area contributed by atoms with E-state index in [1.54, 1.807) is 0 Å². The van der Waals surface area contributed by atoms with Crippen LogP contribution in [0, 0.1) is 5.82 Å². The van der Waals surface area contributed by atoms with Gasteiger partial charge in [0, 0.05) is 12.3 Å². The number of aromatic nitrogens is 3. The Labute approximate surface area is 216 Å². The molecule has 208 valence electrons. The summed E-state index contributed by atoms with van der Waals surface area (Å²) in [5, 5.41) is 13.4. The number of alkyl halides is 3. The molecule has 1 unspecified atom stereocenters. The number of rotatable bonds is 11. The van der Waals surface area contributed by atoms with Gasteiger partial charge in [0.2, 0.25) is 11.8 Å². The molecule has 0 aliphatic rings. The Kier molecular flexibility index (Phi) is 8.90. The van der Waals surface area contributed by atoms with E-state index in [9.17, 15) is 36.7 Å². The number of carbonyl (C=O) groups excluding carboxylic acids is 2. The summed E-state index contributed by atoms with van der Waals surface area (Å²) in [6.07, 6.45) is -2.30. The molecule has 3 rings (SSSR count). The molecule has 1 aromatic carbocycles. The first-order valence-corrected chi connectivity index (χ1v) is 11.2. The van der Waals surface area contributed by atoms with Crippen molar-refractivity contribution in [2.75, 3.05) is 11.9 Å². The van der Waals surface area contributed by atoms with Gasteiger partial charge in [-0.25, -0.2) is 14.2 Å². The first kappa shape index (κ1) is 28.7. The van der Waals surface area contributed by atoms with E-state index < -0.39 is 53.9 Å². The second-order valence-corrected chi connectivity index (χ2v) is 8.12. The van der Waals surface area contributed by atoms with Gasteiger partial charge in [0.15, 0.2) is 12.4 Å². The third-order valence-electron chi connectivity index (χ3n) is 5.07. The number of benzene rings is 1. The van der Waals surface area contributed by atoms with Gasteiger partial charge in [-0.1, -0.05) is 6.08 Å². The zero-order chi connectivity index (χ0) is 28.7. The highest BCUT2D eigenvalue weighted by atomic mass is 19.4. The Hall–Kier alpha value is -4.89. The maximum Gasteiger partial charge on any atom is 0.422 e. The number of carbonyl (C=O) groups is 3. The number of hydrogen-bond acceptors (Lipinski definition) is 6. The molecule has 0 saturated heterocycles. The highest BCUT2D eigenvalue weighted by Crippen LogP contribution is 2.27. The average molecular weight is 554 g/mol. The number of fused-ring (bicyclic) bond motifs is 1. The van der Waals surface area contributed by atoms with E-state index in [4.69, 9.17) is 10.8 Å². The molecule has 3 aromatic rings. The van der Waals surface area contributed by atoms with Crippen molar-refractivity contribution >= 4 is 34.6 Å². The normalized spacial score (nSPS) is 12.4. The van der Waals surface area contributed by atoms with E-state index in [-0.39, 0.29) is 41.9 Å². The maximum absolute atomic E-state index is 13.9. The van der Waals surface area contributed by atoms with Crippen LogP contribution in [0.3, 0.4) is 0 Å². The number of nitrogens with zero attached hydrogens (tertiary/aromatic N) is 2. The summed E-state index contributed by atoms with van der Waals surface area (Å²) in [6.45, 7) is -1.90. The molecule has 1 atom stereocenters. The van der Waals surface area contributed by atoms with Crippen LogP contribution >= 0.6 is 0 Å². The lowest BCUT2D eigenvalue weighted by Gasteiger charge is -2.16. The van der Waals surface area contributed by atoms with Crippen LogP contribution in [0.1, 0.15) is 18.7 Å². The first-order chi connectivity index (χ1) is 18.3. The number of aromatic amines is 1. The third kappa shape index (κ3) is 8.31. The summed E-state index contributed by atoms with van der Waals surface area (Å²) in [4.78, 5) is 54.3. The van der Waals surface area contributed by atoms with E-state index in [0.29, 0.717) is 0 Å². The Morgan fingerprint density at radius 1 is 1.28 bits per heavy atom. The molecule has 0 spiro atoms. The molecule has 2 heterocycles. The molecule has 0 radical (unpaired) electrons. The molecular weight excluding hydrogens is 532 g/mol. The number of carboxylic acid groups (broad SMARTS) is 1. The summed E-state index contributed by atoms with van der Waals surface area (Å²) in [5.74, 6) is -2.80. The van der Waals surface area contributed by atoms with Crippen molar-refractivity contribution in [2.24, 2.45) is 5.73 Å². The molecule has 0 fully saturated rings. The van der Waals surface area contributed by atoms with Gasteiger partial charge in [-0.15, -0.1) is 0 Å². The van der Waals surface area contributed by atoms with Crippen LogP contribution in [0.2, 0.25) is 0 Å². The van der Waals surface area contributed by atoms with Crippen molar-refractivity contribution in [2.45, 2.75) is 31.6 Å². The molecule has 16 heteroatoms. The van der Waals surface area contributed by atoms with E-state index in [2.05, 4.69) is 20.0 Å². The Balaban J connectivity index is 1.79. The van der Waals surface area contributed by atoms with Crippen molar-refractivity contribution in [3.05, 3.63) is 64.6 Å². The van der Waals surface area contributed by atoms with E-state index in [1.165, 1.54) is 24.4 Å². The minimum Gasteiger partial charge on any atom is -0.482 e. The number of allylic oxidation sites excluding steroid dienone is 1. The Morgan fingerprint density at radius 2 is 2.03 bits per heavy atom. The lowest BCUT2D eigenvalue weighted by molar-refractivity contribution is -0.153. The van der Waals surface area contributed by atoms with Gasteiger partial charge in [0.1, 0.15) is 28.9 Å². The second kappa shape index (κ2) is 12.1. The zero-order valence-corrected chi connectivity index (χ0v) is 19.9. The predicted molar refractivity (Wildman–Crippen MR) is 129 cm³/mol. The molecule has 6 N–H and O–H groups in total. The number of hydrogen-bond donors (Lipinski definition) is 5. The molecule has 0 aliphatic heterocycles. The summed E-state index contributed by atoms with van der Waals surface area (Å²) in [6, 6.07) is 3.17. The molecule has 12 nitrogen and oxygen atoms in total. The second-order valence-electron chi connectivity index (χ2n) is 8.12. The average Bonchev–Trinajstić information content (AvgIpc) is 3.23. The van der Waals surface area contributed by atoms with Crippen LogP contribution in [0.15, 0.2) is 47.4 Å². The number of anilines is 1. The largest absolute Gasteiger partial charge is 0.482 e. The molecule has 3 amide bonds. The predicted octanol–water partition coefficient (Wildman–Crippen LogP) is 2.25. The molecule has 0 bridgehead atoms. The van der Waals surface area contributed by atoms with Gasteiger partial charge in [0.05, 0.1) is 12.1 Å². The standard InChI is InChI=1S/C23H22F4N6O6/c24-12-8-15-19(16(9-12)39-11-23(25,26)27)32-18(29-15)10-33-7-3-5-14(21(33)36)30-20(35)13(31-22(37)38)4-1-2-6-17(28)34/h2-3,5-9,13,31H,1,4,10-11H2,(H2,28,34)(H,29,32)(H,30,35)(H,37,38). The van der Waals surface area contributed by atoms with Crippen LogP contribution in [-0.4, -0.2) is 56.4 Å². The van der Waals surface area contributed by atoms with Crippen LogP contribution in [-0.2, 0) is 16.1 Å². The van der Waals surface area contributed by atoms with E-state index >= 15 is 0 Å². The number of H-pyrrole nitrogens is 1. The minimum atomic E-state index is -4.66. The fourth-order valence-corrected chi connectivity index (χ4v) is 3.47. The van der Waals surface area contributed by atoms with Crippen molar-refractivity contribution < 1.29 is 41.8 Å². The third-order valence-corrected chi connectivity index (χ3v) is 5.07. The highest BCUT2D eigenvalue weighted by Gasteiger charge is 2.29.